The predicted molar refractivity (Wildman–Crippen MR) is 60.5 cm³/mol. The highest BCUT2D eigenvalue weighted by atomic mass is 19.3. The van der Waals surface area contributed by atoms with Crippen LogP contribution in [0, 0.1) is 5.41 Å². The first-order valence-corrected chi connectivity index (χ1v) is 5.09. The second-order valence-electron chi connectivity index (χ2n) is 3.63. The zero-order valence-corrected chi connectivity index (χ0v) is 9.92. The number of amidine groups is 1. The molecule has 0 aromatic heterocycles. The number of nitrogens with one attached hydrogen (secondary N) is 1. The van der Waals surface area contributed by atoms with Crippen molar-refractivity contribution in [1.82, 2.24) is 0 Å². The van der Waals surface area contributed by atoms with Crippen molar-refractivity contribution >= 4 is 5.84 Å². The number of benzene rings is 1. The molecular weight excluding hydrogens is 268 g/mol. The first-order chi connectivity index (χ1) is 8.77. The Kier molecular flexibility index (Phi) is 4.57. The van der Waals surface area contributed by atoms with Gasteiger partial charge in [0.25, 0.3) is 0 Å². The normalized spacial score (nSPS) is 11.5. The van der Waals surface area contributed by atoms with Crippen molar-refractivity contribution in [3.8, 4) is 11.5 Å². The van der Waals surface area contributed by atoms with Crippen LogP contribution in [0.1, 0.15) is 5.56 Å². The molecule has 1 aromatic rings. The Morgan fingerprint density at radius 1 is 1.42 bits per heavy atom. The van der Waals surface area contributed by atoms with Gasteiger partial charge in [0.05, 0.1) is 12.7 Å². The van der Waals surface area contributed by atoms with Gasteiger partial charge in [-0.25, -0.2) is 8.78 Å². The minimum absolute atomic E-state index is 0.0193. The molecule has 0 saturated carbocycles. The highest BCUT2D eigenvalue weighted by molar-refractivity contribution is 5.97. The van der Waals surface area contributed by atoms with Crippen molar-refractivity contribution in [2.45, 2.75) is 12.3 Å². The minimum Gasteiger partial charge on any atom is -0.497 e. The van der Waals surface area contributed by atoms with E-state index < -0.39 is 24.8 Å². The van der Waals surface area contributed by atoms with Gasteiger partial charge in [-0.05, 0) is 12.1 Å². The number of methoxy groups -OCH3 is 1. The lowest BCUT2D eigenvalue weighted by molar-refractivity contribution is -0.148. The molecule has 4 nitrogen and oxygen atoms in total. The number of hydrogen-bond donors (Lipinski definition) is 2. The lowest BCUT2D eigenvalue weighted by Crippen LogP contribution is -2.34. The summed E-state index contributed by atoms with van der Waals surface area (Å²) >= 11 is 0. The average Bonchev–Trinajstić information content (AvgIpc) is 2.35. The Hall–Kier alpha value is -1.99. The first-order valence-electron chi connectivity index (χ1n) is 5.09. The van der Waals surface area contributed by atoms with Crippen LogP contribution >= 0.6 is 0 Å². The van der Waals surface area contributed by atoms with Crippen LogP contribution in [-0.4, -0.2) is 31.9 Å². The van der Waals surface area contributed by atoms with E-state index in [9.17, 15) is 17.6 Å². The Balaban J connectivity index is 2.95. The highest BCUT2D eigenvalue weighted by Crippen LogP contribution is 2.28. The molecule has 0 aliphatic carbocycles. The fourth-order valence-corrected chi connectivity index (χ4v) is 1.21. The zero-order chi connectivity index (χ0) is 14.6. The van der Waals surface area contributed by atoms with Crippen molar-refractivity contribution < 1.29 is 27.0 Å². The number of hydrogen-bond acceptors (Lipinski definition) is 3. The van der Waals surface area contributed by atoms with Gasteiger partial charge in [-0.2, -0.15) is 8.78 Å². The maximum absolute atomic E-state index is 12.8. The van der Waals surface area contributed by atoms with Crippen LogP contribution < -0.4 is 15.2 Å². The third-order valence-corrected chi connectivity index (χ3v) is 2.22. The molecular formula is C11H12F4N2O2. The molecule has 106 valence electrons. The monoisotopic (exact) mass is 280 g/mol. The predicted octanol–water partition coefficient (Wildman–Crippen LogP) is 2.26. The number of rotatable bonds is 6. The van der Waals surface area contributed by atoms with E-state index in [4.69, 9.17) is 15.9 Å². The summed E-state index contributed by atoms with van der Waals surface area (Å²) in [7, 11) is 1.33. The SMILES string of the molecule is COc1ccc(C(=N)N)c(OCC(F)(F)C(F)F)c1. The summed E-state index contributed by atoms with van der Waals surface area (Å²) in [6, 6.07) is 3.95. The van der Waals surface area contributed by atoms with Crippen molar-refractivity contribution in [3.05, 3.63) is 23.8 Å². The van der Waals surface area contributed by atoms with Crippen LogP contribution in [0.15, 0.2) is 18.2 Å². The lowest BCUT2D eigenvalue weighted by Gasteiger charge is -2.18. The van der Waals surface area contributed by atoms with Crippen LogP contribution in [0.3, 0.4) is 0 Å². The van der Waals surface area contributed by atoms with Crippen LogP contribution in [0.2, 0.25) is 0 Å². The van der Waals surface area contributed by atoms with Crippen LogP contribution in [0.5, 0.6) is 11.5 Å². The molecule has 1 aromatic carbocycles. The molecule has 0 bridgehead atoms. The number of nitrogens with two attached hydrogens (primary N) is 1. The molecule has 0 unspecified atom stereocenters. The quantitative estimate of drug-likeness (QED) is 0.477. The molecule has 1 rings (SSSR count). The van der Waals surface area contributed by atoms with E-state index in [0.29, 0.717) is 0 Å². The molecule has 0 aliphatic rings. The van der Waals surface area contributed by atoms with Crippen LogP contribution in [0.4, 0.5) is 17.6 Å². The maximum Gasteiger partial charge on any atom is 0.340 e. The van der Waals surface area contributed by atoms with Crippen molar-refractivity contribution in [3.63, 3.8) is 0 Å². The Morgan fingerprint density at radius 3 is 2.53 bits per heavy atom. The fraction of sp³-hybridized carbons (Fsp3) is 0.364. The molecule has 0 amide bonds. The maximum atomic E-state index is 12.8. The van der Waals surface area contributed by atoms with Gasteiger partial charge in [-0.3, -0.25) is 5.41 Å². The zero-order valence-electron chi connectivity index (χ0n) is 9.92. The number of halogens is 4. The summed E-state index contributed by atoms with van der Waals surface area (Å²) in [5.41, 5.74) is 5.25. The Bertz CT molecular complexity index is 466. The molecule has 0 atom stereocenters. The highest BCUT2D eigenvalue weighted by Gasteiger charge is 2.41. The smallest absolute Gasteiger partial charge is 0.340 e. The van der Waals surface area contributed by atoms with Gasteiger partial charge in [0.2, 0.25) is 0 Å². The molecule has 0 spiro atoms. The number of nitrogen functional groups attached to an aromatic ring is 1. The van der Waals surface area contributed by atoms with E-state index in [0.717, 1.165) is 0 Å². The van der Waals surface area contributed by atoms with Crippen molar-refractivity contribution in [2.75, 3.05) is 13.7 Å². The van der Waals surface area contributed by atoms with Crippen LogP contribution in [0.25, 0.3) is 0 Å². The molecule has 0 heterocycles. The second kappa shape index (κ2) is 5.77. The summed E-state index contributed by atoms with van der Waals surface area (Å²) in [6.45, 7) is -1.52. The molecule has 0 saturated heterocycles. The molecule has 19 heavy (non-hydrogen) atoms. The molecule has 0 radical (unpaired) electrons. The standard InChI is InChI=1S/C11H12F4N2O2/c1-18-6-2-3-7(9(16)17)8(4-6)19-5-11(14,15)10(12)13/h2-4,10H,5H2,1H3,(H3,16,17). The summed E-state index contributed by atoms with van der Waals surface area (Å²) in [5, 5.41) is 7.24. The fourth-order valence-electron chi connectivity index (χ4n) is 1.21. The van der Waals surface area contributed by atoms with E-state index in [2.05, 4.69) is 4.74 Å². The summed E-state index contributed by atoms with van der Waals surface area (Å²) in [6.07, 6.45) is -3.83. The van der Waals surface area contributed by atoms with E-state index in [-0.39, 0.29) is 17.1 Å². The molecule has 0 aliphatic heterocycles. The Labute approximate surface area is 106 Å². The minimum atomic E-state index is -4.28. The number of ether oxygens (including phenoxy) is 2. The van der Waals surface area contributed by atoms with Gasteiger partial charge < -0.3 is 15.2 Å². The largest absolute Gasteiger partial charge is 0.497 e. The van der Waals surface area contributed by atoms with E-state index >= 15 is 0 Å². The number of alkyl halides is 4. The van der Waals surface area contributed by atoms with Gasteiger partial charge in [-0.1, -0.05) is 0 Å². The van der Waals surface area contributed by atoms with Crippen LogP contribution in [-0.2, 0) is 0 Å². The van der Waals surface area contributed by atoms with E-state index in [1.165, 1.54) is 25.3 Å². The first kappa shape index (κ1) is 15.1. The summed E-state index contributed by atoms with van der Waals surface area (Å²) < 4.78 is 59.0. The van der Waals surface area contributed by atoms with Crippen molar-refractivity contribution in [2.24, 2.45) is 5.73 Å². The lowest BCUT2D eigenvalue weighted by atomic mass is 10.1. The molecule has 0 fully saturated rings. The topological polar surface area (TPSA) is 68.3 Å². The summed E-state index contributed by atoms with van der Waals surface area (Å²) in [5.74, 6) is -4.66. The van der Waals surface area contributed by atoms with Gasteiger partial charge in [0, 0.05) is 6.07 Å². The van der Waals surface area contributed by atoms with Gasteiger partial charge in [0.1, 0.15) is 17.3 Å². The average molecular weight is 280 g/mol. The third kappa shape index (κ3) is 3.73. The molecule has 8 heteroatoms. The third-order valence-electron chi connectivity index (χ3n) is 2.22. The molecule has 3 N–H and O–H groups in total. The van der Waals surface area contributed by atoms with Gasteiger partial charge in [-0.15, -0.1) is 0 Å². The summed E-state index contributed by atoms with van der Waals surface area (Å²) in [4.78, 5) is 0. The van der Waals surface area contributed by atoms with Gasteiger partial charge >= 0.3 is 12.3 Å². The van der Waals surface area contributed by atoms with Crippen molar-refractivity contribution in [1.29, 1.82) is 5.41 Å². The second-order valence-corrected chi connectivity index (χ2v) is 3.63. The van der Waals surface area contributed by atoms with Gasteiger partial charge in [0.15, 0.2) is 6.61 Å². The van der Waals surface area contributed by atoms with E-state index in [1.807, 2.05) is 0 Å². The van der Waals surface area contributed by atoms with E-state index in [1.54, 1.807) is 0 Å². The Morgan fingerprint density at radius 2 is 2.05 bits per heavy atom.